The average Bonchev–Trinajstić information content (AvgIpc) is 2.66. The van der Waals surface area contributed by atoms with Gasteiger partial charge in [0.25, 0.3) is 5.91 Å². The van der Waals surface area contributed by atoms with Gasteiger partial charge >= 0.3 is 0 Å². The zero-order valence-electron chi connectivity index (χ0n) is 15.2. The highest BCUT2D eigenvalue weighted by Gasteiger charge is 2.23. The maximum absolute atomic E-state index is 12.8. The van der Waals surface area contributed by atoms with Crippen LogP contribution in [0.25, 0.3) is 0 Å². The van der Waals surface area contributed by atoms with E-state index in [9.17, 15) is 4.79 Å². The van der Waals surface area contributed by atoms with Gasteiger partial charge in [-0.1, -0.05) is 36.7 Å². The van der Waals surface area contributed by atoms with Crippen molar-refractivity contribution in [3.8, 4) is 11.5 Å². The molecule has 1 aliphatic rings. The third-order valence-electron chi connectivity index (χ3n) is 4.70. The number of benzene rings is 2. The Morgan fingerprint density at radius 2 is 2.04 bits per heavy atom. The standard InChI is InChI=1S/C21H24ClNO3/c1-15-6-5-11-23(13-15)21(24)16-9-10-19(20(12-16)25-2)26-14-17-7-3-4-8-18(17)22/h3-4,7-10,12,15H,5-6,11,13-14H2,1-2H3. The fourth-order valence-electron chi connectivity index (χ4n) is 3.25. The number of hydrogen-bond acceptors (Lipinski definition) is 3. The molecule has 2 aromatic rings. The van der Waals surface area contributed by atoms with E-state index in [2.05, 4.69) is 6.92 Å². The van der Waals surface area contributed by atoms with Gasteiger partial charge in [-0.25, -0.2) is 0 Å². The minimum absolute atomic E-state index is 0.0486. The van der Waals surface area contributed by atoms with Gasteiger partial charge in [0.1, 0.15) is 6.61 Å². The number of piperidine rings is 1. The van der Waals surface area contributed by atoms with Crippen molar-refractivity contribution in [1.82, 2.24) is 4.90 Å². The van der Waals surface area contributed by atoms with Gasteiger partial charge in [0.05, 0.1) is 7.11 Å². The summed E-state index contributed by atoms with van der Waals surface area (Å²) < 4.78 is 11.3. The molecule has 1 unspecified atom stereocenters. The molecule has 5 heteroatoms. The van der Waals surface area contributed by atoms with Crippen LogP contribution in [0.4, 0.5) is 0 Å². The van der Waals surface area contributed by atoms with E-state index in [0.717, 1.165) is 25.1 Å². The van der Waals surface area contributed by atoms with Crippen LogP contribution in [0, 0.1) is 5.92 Å². The average molecular weight is 374 g/mol. The lowest BCUT2D eigenvalue weighted by atomic mass is 9.99. The van der Waals surface area contributed by atoms with Gasteiger partial charge in [0.2, 0.25) is 0 Å². The zero-order valence-corrected chi connectivity index (χ0v) is 16.0. The maximum Gasteiger partial charge on any atom is 0.254 e. The first-order valence-electron chi connectivity index (χ1n) is 8.92. The molecule has 1 aliphatic heterocycles. The van der Waals surface area contributed by atoms with Crippen LogP contribution < -0.4 is 9.47 Å². The van der Waals surface area contributed by atoms with Crippen molar-refractivity contribution in [3.63, 3.8) is 0 Å². The van der Waals surface area contributed by atoms with Crippen LogP contribution in [-0.4, -0.2) is 31.0 Å². The SMILES string of the molecule is COc1cc(C(=O)N2CCCC(C)C2)ccc1OCc1ccccc1Cl. The molecular formula is C21H24ClNO3. The van der Waals surface area contributed by atoms with Crippen molar-refractivity contribution in [1.29, 1.82) is 0 Å². The second kappa shape index (κ2) is 8.45. The van der Waals surface area contributed by atoms with Gasteiger partial charge in [0, 0.05) is 29.2 Å². The van der Waals surface area contributed by atoms with Gasteiger partial charge in [0.15, 0.2) is 11.5 Å². The Kier molecular flexibility index (Phi) is 6.04. The molecule has 0 saturated carbocycles. The van der Waals surface area contributed by atoms with E-state index in [4.69, 9.17) is 21.1 Å². The van der Waals surface area contributed by atoms with Crippen LogP contribution in [0.5, 0.6) is 11.5 Å². The minimum Gasteiger partial charge on any atom is -0.493 e. The topological polar surface area (TPSA) is 38.8 Å². The van der Waals surface area contributed by atoms with E-state index in [-0.39, 0.29) is 5.91 Å². The highest BCUT2D eigenvalue weighted by molar-refractivity contribution is 6.31. The Hall–Kier alpha value is -2.20. The normalized spacial score (nSPS) is 17.0. The summed E-state index contributed by atoms with van der Waals surface area (Å²) >= 11 is 6.17. The summed E-state index contributed by atoms with van der Waals surface area (Å²) in [7, 11) is 1.58. The van der Waals surface area contributed by atoms with E-state index in [1.165, 1.54) is 6.42 Å². The molecule has 26 heavy (non-hydrogen) atoms. The summed E-state index contributed by atoms with van der Waals surface area (Å²) in [5, 5.41) is 0.664. The van der Waals surface area contributed by atoms with E-state index in [1.54, 1.807) is 25.3 Å². The van der Waals surface area contributed by atoms with Crippen molar-refractivity contribution in [3.05, 3.63) is 58.6 Å². The molecule has 0 N–H and O–H groups in total. The number of ether oxygens (including phenoxy) is 2. The number of halogens is 1. The third kappa shape index (κ3) is 4.31. The van der Waals surface area contributed by atoms with Gasteiger partial charge in [-0.3, -0.25) is 4.79 Å². The number of nitrogens with zero attached hydrogens (tertiary/aromatic N) is 1. The molecule has 1 fully saturated rings. The van der Waals surface area contributed by atoms with Crippen LogP contribution >= 0.6 is 11.6 Å². The molecule has 0 aliphatic carbocycles. The fourth-order valence-corrected chi connectivity index (χ4v) is 3.44. The fraction of sp³-hybridized carbons (Fsp3) is 0.381. The number of rotatable bonds is 5. The van der Waals surface area contributed by atoms with Crippen molar-refractivity contribution < 1.29 is 14.3 Å². The largest absolute Gasteiger partial charge is 0.493 e. The maximum atomic E-state index is 12.8. The number of hydrogen-bond donors (Lipinski definition) is 0. The van der Waals surface area contributed by atoms with Crippen molar-refractivity contribution >= 4 is 17.5 Å². The molecule has 4 nitrogen and oxygen atoms in total. The molecule has 138 valence electrons. The minimum atomic E-state index is 0.0486. The number of likely N-dealkylation sites (tertiary alicyclic amines) is 1. The van der Waals surface area contributed by atoms with Crippen LogP contribution in [-0.2, 0) is 6.61 Å². The van der Waals surface area contributed by atoms with Crippen LogP contribution in [0.15, 0.2) is 42.5 Å². The summed E-state index contributed by atoms with van der Waals surface area (Å²) in [5.41, 5.74) is 1.53. The quantitative estimate of drug-likeness (QED) is 0.755. The van der Waals surface area contributed by atoms with Gasteiger partial charge in [-0.05, 0) is 43.0 Å². The molecular weight excluding hydrogens is 350 g/mol. The highest BCUT2D eigenvalue weighted by atomic mass is 35.5. The predicted octanol–water partition coefficient (Wildman–Crippen LogP) is 4.80. The van der Waals surface area contributed by atoms with E-state index in [0.29, 0.717) is 34.6 Å². The van der Waals surface area contributed by atoms with Gasteiger partial charge < -0.3 is 14.4 Å². The lowest BCUT2D eigenvalue weighted by molar-refractivity contribution is 0.0682. The summed E-state index contributed by atoms with van der Waals surface area (Å²) in [5.74, 6) is 1.74. The molecule has 3 rings (SSSR count). The lowest BCUT2D eigenvalue weighted by Crippen LogP contribution is -2.39. The molecule has 0 bridgehead atoms. The van der Waals surface area contributed by atoms with E-state index in [1.807, 2.05) is 29.2 Å². The Balaban J connectivity index is 1.73. The Bertz CT molecular complexity index is 778. The molecule has 1 atom stereocenters. The summed E-state index contributed by atoms with van der Waals surface area (Å²) in [4.78, 5) is 14.7. The molecule has 0 aromatic heterocycles. The Morgan fingerprint density at radius 1 is 1.23 bits per heavy atom. The van der Waals surface area contributed by atoms with Crippen LogP contribution in [0.1, 0.15) is 35.7 Å². The van der Waals surface area contributed by atoms with Gasteiger partial charge in [-0.2, -0.15) is 0 Å². The monoisotopic (exact) mass is 373 g/mol. The molecule has 0 radical (unpaired) electrons. The van der Waals surface area contributed by atoms with Crippen LogP contribution in [0.3, 0.4) is 0 Å². The first-order chi connectivity index (χ1) is 12.6. The summed E-state index contributed by atoms with van der Waals surface area (Å²) in [6, 6.07) is 12.9. The Morgan fingerprint density at radius 3 is 2.77 bits per heavy atom. The molecule has 1 amide bonds. The smallest absolute Gasteiger partial charge is 0.254 e. The van der Waals surface area contributed by atoms with Crippen molar-refractivity contribution in [2.45, 2.75) is 26.4 Å². The molecule has 0 spiro atoms. The number of methoxy groups -OCH3 is 1. The molecule has 2 aromatic carbocycles. The summed E-state index contributed by atoms with van der Waals surface area (Å²) in [6.45, 7) is 4.15. The van der Waals surface area contributed by atoms with Crippen molar-refractivity contribution in [2.24, 2.45) is 5.92 Å². The second-order valence-corrected chi connectivity index (χ2v) is 7.15. The first-order valence-corrected chi connectivity index (χ1v) is 9.30. The highest BCUT2D eigenvalue weighted by Crippen LogP contribution is 2.30. The molecule has 1 heterocycles. The third-order valence-corrected chi connectivity index (χ3v) is 5.06. The number of carbonyl (C=O) groups is 1. The Labute approximate surface area is 159 Å². The zero-order chi connectivity index (χ0) is 18.5. The van der Waals surface area contributed by atoms with Crippen molar-refractivity contribution in [2.75, 3.05) is 20.2 Å². The molecule has 1 saturated heterocycles. The first kappa shape index (κ1) is 18.6. The van der Waals surface area contributed by atoms with E-state index < -0.39 is 0 Å². The van der Waals surface area contributed by atoms with E-state index >= 15 is 0 Å². The van der Waals surface area contributed by atoms with Gasteiger partial charge in [-0.15, -0.1) is 0 Å². The number of carbonyl (C=O) groups excluding carboxylic acids is 1. The summed E-state index contributed by atoms with van der Waals surface area (Å²) in [6.07, 6.45) is 2.24. The second-order valence-electron chi connectivity index (χ2n) is 6.74. The number of amides is 1. The lowest BCUT2D eigenvalue weighted by Gasteiger charge is -2.31. The van der Waals surface area contributed by atoms with Crippen LogP contribution in [0.2, 0.25) is 5.02 Å². The predicted molar refractivity (Wildman–Crippen MR) is 103 cm³/mol.